The van der Waals surface area contributed by atoms with E-state index >= 15 is 0 Å². The predicted molar refractivity (Wildman–Crippen MR) is 79.5 cm³/mol. The topological polar surface area (TPSA) is 76.8 Å². The molecule has 6 nitrogen and oxygen atoms in total. The van der Waals surface area contributed by atoms with E-state index in [0.717, 1.165) is 24.2 Å². The van der Waals surface area contributed by atoms with E-state index in [9.17, 15) is 4.79 Å². The number of carbonyl (C=O) groups is 1. The van der Waals surface area contributed by atoms with Crippen molar-refractivity contribution in [2.45, 2.75) is 19.1 Å². The van der Waals surface area contributed by atoms with Crippen LogP contribution in [0.4, 0.5) is 4.79 Å². The summed E-state index contributed by atoms with van der Waals surface area (Å²) < 4.78 is 5.97. The minimum atomic E-state index is -0.862. The number of carboxylic acid groups (broad SMARTS) is 1. The summed E-state index contributed by atoms with van der Waals surface area (Å²) >= 11 is 0. The van der Waals surface area contributed by atoms with Gasteiger partial charge in [0.15, 0.2) is 0 Å². The summed E-state index contributed by atoms with van der Waals surface area (Å²) in [6.45, 7) is 4.98. The van der Waals surface area contributed by atoms with Gasteiger partial charge in [0.05, 0.1) is 30.4 Å². The molecular weight excluding hydrogens is 282 g/mol. The summed E-state index contributed by atoms with van der Waals surface area (Å²) in [7, 11) is 0. The summed E-state index contributed by atoms with van der Waals surface area (Å²) in [5.41, 5.74) is 2.70. The van der Waals surface area contributed by atoms with Crippen molar-refractivity contribution >= 4 is 6.09 Å². The average Bonchev–Trinajstić information content (AvgIpc) is 2.54. The third kappa shape index (κ3) is 2.65. The molecule has 3 rings (SSSR count). The number of ether oxygens (including phenoxy) is 1. The summed E-state index contributed by atoms with van der Waals surface area (Å²) in [6.07, 6.45) is -0.916. The third-order valence-electron chi connectivity index (χ3n) is 4.61. The van der Waals surface area contributed by atoms with E-state index in [1.54, 1.807) is 0 Å². The van der Waals surface area contributed by atoms with Gasteiger partial charge < -0.3 is 14.7 Å². The maximum atomic E-state index is 11.1. The van der Waals surface area contributed by atoms with E-state index in [2.05, 4.69) is 11.0 Å². The average molecular weight is 301 g/mol. The highest BCUT2D eigenvalue weighted by molar-refractivity contribution is 5.65. The first-order valence-corrected chi connectivity index (χ1v) is 7.43. The summed E-state index contributed by atoms with van der Waals surface area (Å²) in [6, 6.07) is 8.05. The maximum absolute atomic E-state index is 11.1. The smallest absolute Gasteiger partial charge is 0.407 e. The van der Waals surface area contributed by atoms with E-state index in [0.29, 0.717) is 25.3 Å². The van der Waals surface area contributed by atoms with Crippen molar-refractivity contribution in [2.75, 3.05) is 32.8 Å². The molecule has 2 aliphatic rings. The lowest BCUT2D eigenvalue weighted by Crippen LogP contribution is -2.59. The van der Waals surface area contributed by atoms with Crippen LogP contribution in [0.25, 0.3) is 0 Å². The first kappa shape index (κ1) is 14.8. The molecule has 22 heavy (non-hydrogen) atoms. The van der Waals surface area contributed by atoms with E-state index < -0.39 is 6.09 Å². The van der Waals surface area contributed by atoms with Gasteiger partial charge >= 0.3 is 6.09 Å². The van der Waals surface area contributed by atoms with Crippen molar-refractivity contribution in [3.63, 3.8) is 0 Å². The Morgan fingerprint density at radius 3 is 2.95 bits per heavy atom. The fraction of sp³-hybridized carbons (Fsp3) is 0.500. The number of hydrogen-bond donors (Lipinski definition) is 1. The lowest BCUT2D eigenvalue weighted by atomic mass is 9.96. The predicted octanol–water partition coefficient (Wildman–Crippen LogP) is 1.60. The minimum Gasteiger partial charge on any atom is -0.465 e. The standard InChI is InChI=1S/C16H19N3O3/c1-11-12(7-17)3-2-4-14(11)15-9-18-5-6-19(16(20)21)8-13(18)10-22-15/h2-4,13,15H,5-6,8-10H2,1H3,(H,20,21)/t13-,15-/m0/s1. The SMILES string of the molecule is Cc1c(C#N)cccc1[C@@H]1CN2CCN(C(=O)O)C[C@H]2CO1. The molecule has 116 valence electrons. The van der Waals surface area contributed by atoms with E-state index in [1.165, 1.54) is 4.90 Å². The molecule has 2 aliphatic heterocycles. The fourth-order valence-corrected chi connectivity index (χ4v) is 3.27. The minimum absolute atomic E-state index is 0.0547. The third-order valence-corrected chi connectivity index (χ3v) is 4.61. The Labute approximate surface area is 129 Å². The van der Waals surface area contributed by atoms with E-state index in [1.807, 2.05) is 25.1 Å². The number of morpholine rings is 1. The maximum Gasteiger partial charge on any atom is 0.407 e. The number of fused-ring (bicyclic) bond motifs is 1. The molecule has 0 aliphatic carbocycles. The van der Waals surface area contributed by atoms with Gasteiger partial charge in [-0.05, 0) is 24.1 Å². The zero-order valence-corrected chi connectivity index (χ0v) is 12.5. The first-order chi connectivity index (χ1) is 10.6. The van der Waals surface area contributed by atoms with Crippen LogP contribution < -0.4 is 0 Å². The van der Waals surface area contributed by atoms with Gasteiger partial charge in [0.1, 0.15) is 0 Å². The second-order valence-corrected chi connectivity index (χ2v) is 5.83. The van der Waals surface area contributed by atoms with Crippen molar-refractivity contribution < 1.29 is 14.6 Å². The van der Waals surface area contributed by atoms with Crippen molar-refractivity contribution in [3.8, 4) is 6.07 Å². The van der Waals surface area contributed by atoms with Crippen LogP contribution in [0, 0.1) is 18.3 Å². The molecule has 2 heterocycles. The van der Waals surface area contributed by atoms with Crippen LogP contribution in [0.3, 0.4) is 0 Å². The fourth-order valence-electron chi connectivity index (χ4n) is 3.27. The first-order valence-electron chi connectivity index (χ1n) is 7.43. The van der Waals surface area contributed by atoms with Crippen LogP contribution in [0.1, 0.15) is 22.8 Å². The zero-order valence-electron chi connectivity index (χ0n) is 12.5. The molecule has 0 bridgehead atoms. The van der Waals surface area contributed by atoms with E-state index in [-0.39, 0.29) is 12.1 Å². The number of nitrogens with zero attached hydrogens (tertiary/aromatic N) is 3. The molecule has 2 atom stereocenters. The Bertz CT molecular complexity index is 626. The molecule has 1 N–H and O–H groups in total. The normalized spacial score (nSPS) is 25.4. The molecule has 6 heteroatoms. The number of hydrogen-bond acceptors (Lipinski definition) is 4. The zero-order chi connectivity index (χ0) is 15.7. The van der Waals surface area contributed by atoms with Gasteiger partial charge in [0.25, 0.3) is 0 Å². The Hall–Kier alpha value is -2.10. The Morgan fingerprint density at radius 1 is 1.41 bits per heavy atom. The van der Waals surface area contributed by atoms with Crippen LogP contribution >= 0.6 is 0 Å². The number of piperazine rings is 1. The monoisotopic (exact) mass is 301 g/mol. The number of benzene rings is 1. The molecule has 0 saturated carbocycles. The molecule has 2 saturated heterocycles. The highest BCUT2D eigenvalue weighted by Gasteiger charge is 2.35. The van der Waals surface area contributed by atoms with Gasteiger partial charge in [-0.1, -0.05) is 12.1 Å². The second-order valence-electron chi connectivity index (χ2n) is 5.83. The number of nitriles is 1. The molecule has 0 unspecified atom stereocenters. The highest BCUT2D eigenvalue weighted by atomic mass is 16.5. The van der Waals surface area contributed by atoms with Crippen molar-refractivity contribution in [3.05, 3.63) is 34.9 Å². The lowest BCUT2D eigenvalue weighted by Gasteiger charge is -2.45. The summed E-state index contributed by atoms with van der Waals surface area (Å²) in [5, 5.41) is 18.2. The second kappa shape index (κ2) is 5.95. The lowest BCUT2D eigenvalue weighted by molar-refractivity contribution is -0.0868. The molecule has 1 aromatic rings. The summed E-state index contributed by atoms with van der Waals surface area (Å²) in [4.78, 5) is 14.8. The Morgan fingerprint density at radius 2 is 2.23 bits per heavy atom. The quantitative estimate of drug-likeness (QED) is 0.852. The number of amides is 1. The van der Waals surface area contributed by atoms with Gasteiger partial charge in [-0.15, -0.1) is 0 Å². The van der Waals surface area contributed by atoms with Gasteiger partial charge in [0.2, 0.25) is 0 Å². The van der Waals surface area contributed by atoms with Crippen LogP contribution in [0.5, 0.6) is 0 Å². The largest absolute Gasteiger partial charge is 0.465 e. The van der Waals surface area contributed by atoms with Crippen molar-refractivity contribution in [1.82, 2.24) is 9.80 Å². The van der Waals surface area contributed by atoms with Crippen molar-refractivity contribution in [2.24, 2.45) is 0 Å². The molecule has 1 aromatic carbocycles. The van der Waals surface area contributed by atoms with Gasteiger partial charge in [-0.2, -0.15) is 5.26 Å². The number of rotatable bonds is 1. The summed E-state index contributed by atoms with van der Waals surface area (Å²) in [5.74, 6) is 0. The van der Waals surface area contributed by atoms with Gasteiger partial charge in [-0.25, -0.2) is 4.79 Å². The van der Waals surface area contributed by atoms with E-state index in [4.69, 9.17) is 15.1 Å². The van der Waals surface area contributed by atoms with Crippen LogP contribution in [-0.2, 0) is 4.74 Å². The van der Waals surface area contributed by atoms with Gasteiger partial charge in [-0.3, -0.25) is 4.90 Å². The Balaban J connectivity index is 1.74. The molecule has 1 amide bonds. The van der Waals surface area contributed by atoms with Crippen LogP contribution in [0.15, 0.2) is 18.2 Å². The Kier molecular flexibility index (Phi) is 4.01. The highest BCUT2D eigenvalue weighted by Crippen LogP contribution is 2.29. The van der Waals surface area contributed by atoms with Crippen LogP contribution in [0.2, 0.25) is 0 Å². The van der Waals surface area contributed by atoms with Gasteiger partial charge in [0, 0.05) is 26.2 Å². The molecule has 2 fully saturated rings. The molecule has 0 aromatic heterocycles. The van der Waals surface area contributed by atoms with Crippen LogP contribution in [-0.4, -0.2) is 59.8 Å². The molecular formula is C16H19N3O3. The van der Waals surface area contributed by atoms with Crippen molar-refractivity contribution in [1.29, 1.82) is 5.26 Å². The molecule has 0 spiro atoms. The molecule has 0 radical (unpaired) electrons.